The molecule has 0 aliphatic rings. The first kappa shape index (κ1) is 21.0. The van der Waals surface area contributed by atoms with Gasteiger partial charge in [0.25, 0.3) is 0 Å². The Morgan fingerprint density at radius 1 is 0.828 bits per heavy atom. The van der Waals surface area contributed by atoms with Crippen molar-refractivity contribution >= 4 is 0 Å². The largest absolute Gasteiger partial charge is 0.388 e. The van der Waals surface area contributed by atoms with Crippen LogP contribution in [0.2, 0.25) is 0 Å². The van der Waals surface area contributed by atoms with Gasteiger partial charge in [0.15, 0.2) is 0 Å². The molecule has 3 aromatic carbocycles. The van der Waals surface area contributed by atoms with Crippen LogP contribution in [0.25, 0.3) is 0 Å². The van der Waals surface area contributed by atoms with Gasteiger partial charge in [-0.1, -0.05) is 104 Å². The molecule has 0 saturated heterocycles. The highest BCUT2D eigenvalue weighted by molar-refractivity contribution is 5.47. The van der Waals surface area contributed by atoms with E-state index in [4.69, 9.17) is 4.74 Å². The predicted molar refractivity (Wildman–Crippen MR) is 120 cm³/mol. The molecule has 0 heterocycles. The van der Waals surface area contributed by atoms with Crippen LogP contribution in [0.4, 0.5) is 0 Å². The molecule has 150 valence electrons. The van der Waals surface area contributed by atoms with Gasteiger partial charge in [0.1, 0.15) is 5.60 Å². The molecule has 0 aliphatic heterocycles. The third-order valence-electron chi connectivity index (χ3n) is 5.56. The molecule has 3 aromatic rings. The minimum Gasteiger partial charge on any atom is -0.388 e. The second kappa shape index (κ2) is 9.69. The molecule has 0 bridgehead atoms. The SMILES string of the molecule is C/C=C(\C)[C@@H](O)[C@@H](C)COC(c1ccccc1)(c1ccccc1)c1ccccc1. The molecule has 1 N–H and O–H groups in total. The second-order valence-electron chi connectivity index (χ2n) is 7.55. The average molecular weight is 387 g/mol. The maximum absolute atomic E-state index is 10.6. The number of benzene rings is 3. The molecule has 0 amide bonds. The number of rotatable bonds is 8. The summed E-state index contributed by atoms with van der Waals surface area (Å²) in [6.45, 7) is 6.36. The van der Waals surface area contributed by atoms with Gasteiger partial charge in [0.05, 0.1) is 12.7 Å². The lowest BCUT2D eigenvalue weighted by Crippen LogP contribution is -2.36. The molecule has 29 heavy (non-hydrogen) atoms. The molecule has 2 nitrogen and oxygen atoms in total. The molecule has 2 atom stereocenters. The zero-order valence-corrected chi connectivity index (χ0v) is 17.5. The van der Waals surface area contributed by atoms with Crippen molar-refractivity contribution in [2.45, 2.75) is 32.5 Å². The number of aliphatic hydroxyl groups excluding tert-OH is 1. The molecule has 0 radical (unpaired) electrons. The minimum absolute atomic E-state index is 0.0401. The van der Waals surface area contributed by atoms with Gasteiger partial charge >= 0.3 is 0 Å². The quantitative estimate of drug-likeness (QED) is 0.382. The molecule has 0 aliphatic carbocycles. The van der Waals surface area contributed by atoms with E-state index in [0.717, 1.165) is 22.3 Å². The number of ether oxygens (including phenoxy) is 1. The molecular formula is C27H30O2. The Bertz CT molecular complexity index is 804. The fourth-order valence-corrected chi connectivity index (χ4v) is 3.74. The van der Waals surface area contributed by atoms with Crippen LogP contribution in [0.1, 0.15) is 37.5 Å². The average Bonchev–Trinajstić information content (AvgIpc) is 2.80. The van der Waals surface area contributed by atoms with E-state index in [-0.39, 0.29) is 5.92 Å². The third-order valence-corrected chi connectivity index (χ3v) is 5.56. The van der Waals surface area contributed by atoms with Crippen molar-refractivity contribution in [1.29, 1.82) is 0 Å². The fraction of sp³-hybridized carbons (Fsp3) is 0.259. The smallest absolute Gasteiger partial charge is 0.143 e. The van der Waals surface area contributed by atoms with Crippen LogP contribution in [0.15, 0.2) is 103 Å². The maximum Gasteiger partial charge on any atom is 0.143 e. The Hall–Kier alpha value is -2.68. The normalized spacial score (nSPS) is 14.4. The van der Waals surface area contributed by atoms with E-state index in [0.29, 0.717) is 6.61 Å². The van der Waals surface area contributed by atoms with Crippen LogP contribution in [0, 0.1) is 5.92 Å². The van der Waals surface area contributed by atoms with E-state index >= 15 is 0 Å². The van der Waals surface area contributed by atoms with Crippen molar-refractivity contribution in [2.24, 2.45) is 5.92 Å². The van der Waals surface area contributed by atoms with Gasteiger partial charge < -0.3 is 9.84 Å². The predicted octanol–water partition coefficient (Wildman–Crippen LogP) is 5.96. The van der Waals surface area contributed by atoms with E-state index in [2.05, 4.69) is 36.4 Å². The van der Waals surface area contributed by atoms with Crippen molar-refractivity contribution in [1.82, 2.24) is 0 Å². The van der Waals surface area contributed by atoms with Gasteiger partial charge in [-0.3, -0.25) is 0 Å². The van der Waals surface area contributed by atoms with E-state index in [1.165, 1.54) is 0 Å². The van der Waals surface area contributed by atoms with Crippen molar-refractivity contribution in [3.63, 3.8) is 0 Å². The van der Waals surface area contributed by atoms with Crippen LogP contribution in [0.3, 0.4) is 0 Å². The minimum atomic E-state index is -0.748. The number of allylic oxidation sites excluding steroid dienone is 1. The van der Waals surface area contributed by atoms with Crippen molar-refractivity contribution < 1.29 is 9.84 Å². The van der Waals surface area contributed by atoms with E-state index in [9.17, 15) is 5.11 Å². The Morgan fingerprint density at radius 3 is 1.55 bits per heavy atom. The van der Waals surface area contributed by atoms with E-state index < -0.39 is 11.7 Å². The first-order valence-electron chi connectivity index (χ1n) is 10.2. The zero-order chi connectivity index (χ0) is 20.7. The van der Waals surface area contributed by atoms with Gasteiger partial charge in [-0.2, -0.15) is 0 Å². The summed E-state index contributed by atoms with van der Waals surface area (Å²) in [5.74, 6) is -0.0401. The maximum atomic E-state index is 10.6. The molecule has 0 aromatic heterocycles. The summed E-state index contributed by atoms with van der Waals surface area (Å²) in [7, 11) is 0. The van der Waals surface area contributed by atoms with Crippen LogP contribution in [-0.4, -0.2) is 17.8 Å². The molecule has 3 rings (SSSR count). The first-order valence-corrected chi connectivity index (χ1v) is 10.2. The van der Waals surface area contributed by atoms with E-state index in [1.54, 1.807) is 0 Å². The molecular weight excluding hydrogens is 356 g/mol. The highest BCUT2D eigenvalue weighted by Crippen LogP contribution is 2.40. The second-order valence-corrected chi connectivity index (χ2v) is 7.55. The summed E-state index contributed by atoms with van der Waals surface area (Å²) in [6, 6.07) is 31.0. The lowest BCUT2D eigenvalue weighted by Gasteiger charge is -2.37. The Kier molecular flexibility index (Phi) is 7.03. The molecule has 0 saturated carbocycles. The van der Waals surface area contributed by atoms with Gasteiger partial charge in [-0.15, -0.1) is 0 Å². The van der Waals surface area contributed by atoms with Crippen LogP contribution >= 0.6 is 0 Å². The number of hydrogen-bond donors (Lipinski definition) is 1. The topological polar surface area (TPSA) is 29.5 Å². The molecule has 0 unspecified atom stereocenters. The van der Waals surface area contributed by atoms with Crippen molar-refractivity contribution in [2.75, 3.05) is 6.61 Å². The molecule has 0 fully saturated rings. The van der Waals surface area contributed by atoms with Gasteiger partial charge in [0.2, 0.25) is 0 Å². The molecule has 0 spiro atoms. The van der Waals surface area contributed by atoms with Crippen molar-refractivity contribution in [3.8, 4) is 0 Å². The molecule has 2 heteroatoms. The standard InChI is InChI=1S/C27H30O2/c1-4-21(2)26(28)22(3)20-29-27(23-14-8-5-9-15-23,24-16-10-6-11-17-24)25-18-12-7-13-19-25/h4-19,22,26,28H,20H2,1-3H3/b21-4+/t22-,26+/m0/s1. The third kappa shape index (κ3) is 4.50. The van der Waals surface area contributed by atoms with Crippen LogP contribution in [-0.2, 0) is 10.3 Å². The van der Waals surface area contributed by atoms with Crippen molar-refractivity contribution in [3.05, 3.63) is 119 Å². The van der Waals surface area contributed by atoms with Crippen LogP contribution in [0.5, 0.6) is 0 Å². The summed E-state index contributed by atoms with van der Waals surface area (Å²) in [5.41, 5.74) is 3.43. The summed E-state index contributed by atoms with van der Waals surface area (Å²) in [6.07, 6.45) is 1.43. The Labute approximate surface area is 174 Å². The number of aliphatic hydroxyl groups is 1. The summed E-state index contributed by atoms with van der Waals surface area (Å²) < 4.78 is 6.78. The van der Waals surface area contributed by atoms with E-state index in [1.807, 2.05) is 81.4 Å². The summed E-state index contributed by atoms with van der Waals surface area (Å²) in [4.78, 5) is 0. The fourth-order valence-electron chi connectivity index (χ4n) is 3.74. The highest BCUT2D eigenvalue weighted by Gasteiger charge is 2.38. The lowest BCUT2D eigenvalue weighted by molar-refractivity contribution is -0.0264. The highest BCUT2D eigenvalue weighted by atomic mass is 16.5. The zero-order valence-electron chi connectivity index (χ0n) is 17.5. The van der Waals surface area contributed by atoms with Gasteiger partial charge in [0, 0.05) is 5.92 Å². The summed E-state index contributed by atoms with van der Waals surface area (Å²) >= 11 is 0. The summed E-state index contributed by atoms with van der Waals surface area (Å²) in [5, 5.41) is 10.6. The lowest BCUT2D eigenvalue weighted by atomic mass is 9.80. The number of hydrogen-bond acceptors (Lipinski definition) is 2. The first-order chi connectivity index (χ1) is 14.1. The van der Waals surface area contributed by atoms with Gasteiger partial charge in [-0.05, 0) is 36.1 Å². The van der Waals surface area contributed by atoms with Crippen LogP contribution < -0.4 is 0 Å². The monoisotopic (exact) mass is 386 g/mol. The van der Waals surface area contributed by atoms with Gasteiger partial charge in [-0.25, -0.2) is 0 Å². The Balaban J connectivity index is 2.10. The Morgan fingerprint density at radius 2 is 1.21 bits per heavy atom.